The molecule has 0 radical (unpaired) electrons. The van der Waals surface area contributed by atoms with Crippen LogP contribution in [-0.2, 0) is 4.79 Å². The highest BCUT2D eigenvalue weighted by Gasteiger charge is 2.17. The Balaban J connectivity index is 2.03. The highest BCUT2D eigenvalue weighted by Crippen LogP contribution is 2.29. The Labute approximate surface area is 161 Å². The Hall–Kier alpha value is -3.00. The van der Waals surface area contributed by atoms with Crippen molar-refractivity contribution < 1.29 is 19.4 Å². The summed E-state index contributed by atoms with van der Waals surface area (Å²) in [4.78, 5) is 11.0. The minimum absolute atomic E-state index is 0.0994. The van der Waals surface area contributed by atoms with Gasteiger partial charge in [0.25, 0.3) is 0 Å². The first-order valence-electron chi connectivity index (χ1n) is 8.30. The molecule has 1 aromatic heterocycles. The molecule has 0 fully saturated rings. The van der Waals surface area contributed by atoms with E-state index in [0.29, 0.717) is 17.6 Å². The molecule has 8 heteroatoms. The molecular formula is C19H19N3O4S. The minimum Gasteiger partial charge on any atom is -0.497 e. The number of benzene rings is 2. The van der Waals surface area contributed by atoms with Crippen LogP contribution in [0.4, 0.5) is 0 Å². The van der Waals surface area contributed by atoms with E-state index in [1.54, 1.807) is 7.11 Å². The van der Waals surface area contributed by atoms with Gasteiger partial charge in [0.15, 0.2) is 11.0 Å². The van der Waals surface area contributed by atoms with Gasteiger partial charge in [0.05, 0.1) is 19.5 Å². The van der Waals surface area contributed by atoms with Gasteiger partial charge in [-0.3, -0.25) is 9.36 Å². The van der Waals surface area contributed by atoms with E-state index in [4.69, 9.17) is 14.6 Å². The van der Waals surface area contributed by atoms with Crippen LogP contribution in [0.3, 0.4) is 0 Å². The maximum absolute atomic E-state index is 11.0. The van der Waals surface area contributed by atoms with Gasteiger partial charge in [-0.1, -0.05) is 11.8 Å². The molecule has 0 saturated carbocycles. The number of hydrogen-bond acceptors (Lipinski definition) is 6. The third kappa shape index (κ3) is 4.40. The van der Waals surface area contributed by atoms with E-state index in [2.05, 4.69) is 10.2 Å². The number of rotatable bonds is 8. The summed E-state index contributed by atoms with van der Waals surface area (Å²) < 4.78 is 12.5. The summed E-state index contributed by atoms with van der Waals surface area (Å²) in [6.07, 6.45) is 0. The molecule has 0 spiro atoms. The van der Waals surface area contributed by atoms with Gasteiger partial charge < -0.3 is 14.6 Å². The summed E-state index contributed by atoms with van der Waals surface area (Å²) in [5.41, 5.74) is 1.67. The zero-order valence-electron chi connectivity index (χ0n) is 15.0. The number of carbonyl (C=O) groups is 1. The van der Waals surface area contributed by atoms with Gasteiger partial charge in [0.1, 0.15) is 11.5 Å². The van der Waals surface area contributed by atoms with Crippen LogP contribution in [-0.4, -0.2) is 45.3 Å². The van der Waals surface area contributed by atoms with E-state index in [9.17, 15) is 4.79 Å². The number of hydrogen-bond donors (Lipinski definition) is 1. The zero-order chi connectivity index (χ0) is 19.2. The predicted octanol–water partition coefficient (Wildman–Crippen LogP) is 3.52. The third-order valence-corrected chi connectivity index (χ3v) is 4.63. The molecule has 0 aliphatic rings. The lowest BCUT2D eigenvalue weighted by atomic mass is 10.2. The van der Waals surface area contributed by atoms with E-state index < -0.39 is 5.97 Å². The maximum Gasteiger partial charge on any atom is 0.313 e. The number of methoxy groups -OCH3 is 1. The number of carboxylic acids is 1. The van der Waals surface area contributed by atoms with E-state index in [-0.39, 0.29) is 5.75 Å². The van der Waals surface area contributed by atoms with Crippen molar-refractivity contribution in [3.8, 4) is 28.6 Å². The first-order chi connectivity index (χ1) is 13.1. The summed E-state index contributed by atoms with van der Waals surface area (Å²) >= 11 is 1.12. The fourth-order valence-electron chi connectivity index (χ4n) is 2.51. The monoisotopic (exact) mass is 385 g/mol. The van der Waals surface area contributed by atoms with Gasteiger partial charge in [0, 0.05) is 11.3 Å². The Kier molecular flexibility index (Phi) is 5.97. The predicted molar refractivity (Wildman–Crippen MR) is 103 cm³/mol. The van der Waals surface area contributed by atoms with Crippen LogP contribution >= 0.6 is 11.8 Å². The van der Waals surface area contributed by atoms with Crippen LogP contribution in [0.1, 0.15) is 6.92 Å². The van der Waals surface area contributed by atoms with Crippen LogP contribution in [0, 0.1) is 0 Å². The third-order valence-electron chi connectivity index (χ3n) is 3.71. The molecule has 1 heterocycles. The van der Waals surface area contributed by atoms with E-state index >= 15 is 0 Å². The normalized spacial score (nSPS) is 10.6. The van der Waals surface area contributed by atoms with Gasteiger partial charge in [-0.25, -0.2) is 0 Å². The summed E-state index contributed by atoms with van der Waals surface area (Å²) in [7, 11) is 1.61. The quantitative estimate of drug-likeness (QED) is 0.594. The second-order valence-electron chi connectivity index (χ2n) is 5.48. The van der Waals surface area contributed by atoms with Crippen molar-refractivity contribution >= 4 is 17.7 Å². The molecule has 1 N–H and O–H groups in total. The number of thioether (sulfide) groups is 1. The molecule has 2 aromatic carbocycles. The van der Waals surface area contributed by atoms with Crippen molar-refractivity contribution in [1.29, 1.82) is 0 Å². The average Bonchev–Trinajstić information content (AvgIpc) is 3.11. The maximum atomic E-state index is 11.0. The summed E-state index contributed by atoms with van der Waals surface area (Å²) in [6, 6.07) is 15.0. The van der Waals surface area contributed by atoms with Crippen LogP contribution in [0.5, 0.6) is 11.5 Å². The van der Waals surface area contributed by atoms with Crippen molar-refractivity contribution in [2.75, 3.05) is 19.5 Å². The van der Waals surface area contributed by atoms with Gasteiger partial charge in [-0.2, -0.15) is 0 Å². The zero-order valence-corrected chi connectivity index (χ0v) is 15.8. The highest BCUT2D eigenvalue weighted by molar-refractivity contribution is 7.99. The molecule has 0 unspecified atom stereocenters. The molecule has 0 aliphatic carbocycles. The van der Waals surface area contributed by atoms with Crippen LogP contribution in [0.25, 0.3) is 17.1 Å². The van der Waals surface area contributed by atoms with Crippen LogP contribution in [0.15, 0.2) is 53.7 Å². The van der Waals surface area contributed by atoms with Crippen molar-refractivity contribution in [1.82, 2.24) is 14.8 Å². The number of ether oxygens (including phenoxy) is 2. The first-order valence-corrected chi connectivity index (χ1v) is 9.28. The van der Waals surface area contributed by atoms with E-state index in [1.807, 2.05) is 60.0 Å². The molecule has 0 bridgehead atoms. The molecule has 27 heavy (non-hydrogen) atoms. The van der Waals surface area contributed by atoms with Crippen molar-refractivity contribution in [3.05, 3.63) is 48.5 Å². The average molecular weight is 385 g/mol. The summed E-state index contributed by atoms with van der Waals surface area (Å²) in [6.45, 7) is 2.51. The Bertz CT molecular complexity index is 908. The summed E-state index contributed by atoms with van der Waals surface area (Å²) in [5, 5.41) is 18.0. The Morgan fingerprint density at radius 2 is 1.74 bits per heavy atom. The first kappa shape index (κ1) is 18.8. The SMILES string of the molecule is CCOc1ccc(-n2c(SCC(=O)O)nnc2-c2ccc(OC)cc2)cc1. The Morgan fingerprint density at radius 3 is 2.33 bits per heavy atom. The topological polar surface area (TPSA) is 86.5 Å². The molecule has 0 aliphatic heterocycles. The summed E-state index contributed by atoms with van der Waals surface area (Å²) in [5.74, 6) is 1.12. The van der Waals surface area contributed by atoms with Gasteiger partial charge in [0.2, 0.25) is 0 Å². The molecule has 3 aromatic rings. The van der Waals surface area contributed by atoms with Crippen molar-refractivity contribution in [2.24, 2.45) is 0 Å². The fourth-order valence-corrected chi connectivity index (χ4v) is 3.18. The number of aromatic nitrogens is 3. The smallest absolute Gasteiger partial charge is 0.313 e. The lowest BCUT2D eigenvalue weighted by Gasteiger charge is -2.11. The second kappa shape index (κ2) is 8.59. The van der Waals surface area contributed by atoms with Crippen molar-refractivity contribution in [3.63, 3.8) is 0 Å². The molecule has 0 amide bonds. The Morgan fingerprint density at radius 1 is 1.07 bits per heavy atom. The molecular weight excluding hydrogens is 366 g/mol. The standard InChI is InChI=1S/C19H19N3O4S/c1-3-26-16-10-6-14(7-11-16)22-18(13-4-8-15(25-2)9-5-13)20-21-19(22)27-12-17(23)24/h4-11H,3,12H2,1-2H3,(H,23,24). The molecule has 0 atom stereocenters. The second-order valence-corrected chi connectivity index (χ2v) is 6.42. The molecule has 0 saturated heterocycles. The van der Waals surface area contributed by atoms with Gasteiger partial charge >= 0.3 is 5.97 Å². The van der Waals surface area contributed by atoms with Gasteiger partial charge in [-0.05, 0) is 55.5 Å². The molecule has 7 nitrogen and oxygen atoms in total. The largest absolute Gasteiger partial charge is 0.497 e. The highest BCUT2D eigenvalue weighted by atomic mass is 32.2. The molecule has 3 rings (SSSR count). The number of carboxylic acid groups (broad SMARTS) is 1. The van der Waals surface area contributed by atoms with E-state index in [0.717, 1.165) is 34.5 Å². The lowest BCUT2D eigenvalue weighted by Crippen LogP contribution is -2.03. The van der Waals surface area contributed by atoms with Crippen molar-refractivity contribution in [2.45, 2.75) is 12.1 Å². The minimum atomic E-state index is -0.910. The lowest BCUT2D eigenvalue weighted by molar-refractivity contribution is -0.133. The number of nitrogens with zero attached hydrogens (tertiary/aromatic N) is 3. The fraction of sp³-hybridized carbons (Fsp3) is 0.211. The van der Waals surface area contributed by atoms with Crippen LogP contribution < -0.4 is 9.47 Å². The van der Waals surface area contributed by atoms with E-state index in [1.165, 1.54) is 0 Å². The number of aliphatic carboxylic acids is 1. The molecule has 140 valence electrons. The van der Waals surface area contributed by atoms with Gasteiger partial charge in [-0.15, -0.1) is 10.2 Å². The van der Waals surface area contributed by atoms with Crippen LogP contribution in [0.2, 0.25) is 0 Å².